The van der Waals surface area contributed by atoms with Crippen molar-refractivity contribution in [2.24, 2.45) is 0 Å². The summed E-state index contributed by atoms with van der Waals surface area (Å²) in [5.74, 6) is 0.0407. The molecule has 1 aromatic heterocycles. The number of para-hydroxylation sites is 1. The highest BCUT2D eigenvalue weighted by atomic mass is 32.1. The Hall–Kier alpha value is -2.43. The van der Waals surface area contributed by atoms with E-state index in [1.54, 1.807) is 0 Å². The first kappa shape index (κ1) is 17.0. The monoisotopic (exact) mass is 362 g/mol. The van der Waals surface area contributed by atoms with Gasteiger partial charge in [-0.25, -0.2) is 0 Å². The van der Waals surface area contributed by atoms with Crippen LogP contribution in [0.3, 0.4) is 0 Å². The minimum atomic E-state index is 0.0407. The fourth-order valence-electron chi connectivity index (χ4n) is 3.61. The Morgan fingerprint density at radius 3 is 2.73 bits per heavy atom. The summed E-state index contributed by atoms with van der Waals surface area (Å²) in [6.07, 6.45) is 1.03. The van der Waals surface area contributed by atoms with Gasteiger partial charge in [0.15, 0.2) is 0 Å². The van der Waals surface area contributed by atoms with Gasteiger partial charge >= 0.3 is 0 Å². The summed E-state index contributed by atoms with van der Waals surface area (Å²) in [5, 5.41) is 5.27. The molecule has 1 aliphatic rings. The summed E-state index contributed by atoms with van der Waals surface area (Å²) >= 11 is 1.83. The van der Waals surface area contributed by atoms with E-state index in [4.69, 9.17) is 0 Å². The van der Waals surface area contributed by atoms with Crippen LogP contribution in [-0.4, -0.2) is 23.9 Å². The lowest BCUT2D eigenvalue weighted by Crippen LogP contribution is -2.39. The van der Waals surface area contributed by atoms with Crippen LogP contribution in [0.5, 0.6) is 0 Å². The molecule has 1 N–H and O–H groups in total. The molecule has 0 saturated heterocycles. The Balaban J connectivity index is 1.48. The molecule has 1 atom stereocenters. The molecule has 2 heterocycles. The molecule has 0 saturated carbocycles. The molecule has 0 bridgehead atoms. The number of carbonyl (C=O) groups excluding carboxylic acids is 1. The number of nitrogens with zero attached hydrogens (tertiary/aromatic N) is 1. The lowest BCUT2D eigenvalue weighted by Gasteiger charge is -2.33. The molecule has 1 aliphatic heterocycles. The second kappa shape index (κ2) is 7.44. The van der Waals surface area contributed by atoms with Crippen molar-refractivity contribution >= 4 is 22.9 Å². The molecule has 0 unspecified atom stereocenters. The first-order valence-electron chi connectivity index (χ1n) is 8.97. The molecule has 0 fully saturated rings. The third-order valence-corrected chi connectivity index (χ3v) is 6.03. The van der Waals surface area contributed by atoms with Gasteiger partial charge in [-0.2, -0.15) is 0 Å². The van der Waals surface area contributed by atoms with Crippen LogP contribution >= 0.6 is 11.3 Å². The third kappa shape index (κ3) is 3.43. The van der Waals surface area contributed by atoms with Crippen molar-refractivity contribution in [1.29, 1.82) is 0 Å². The van der Waals surface area contributed by atoms with E-state index < -0.39 is 0 Å². The van der Waals surface area contributed by atoms with Crippen LogP contribution in [0, 0.1) is 0 Å². The molecule has 3 nitrogen and oxygen atoms in total. The minimum absolute atomic E-state index is 0.0407. The van der Waals surface area contributed by atoms with Crippen molar-refractivity contribution in [3.8, 4) is 11.1 Å². The Labute approximate surface area is 158 Å². The van der Waals surface area contributed by atoms with E-state index in [-0.39, 0.29) is 5.91 Å². The van der Waals surface area contributed by atoms with Gasteiger partial charge < -0.3 is 5.32 Å². The largest absolute Gasteiger partial charge is 0.324 e. The maximum absolute atomic E-state index is 12.7. The van der Waals surface area contributed by atoms with E-state index in [1.165, 1.54) is 10.4 Å². The van der Waals surface area contributed by atoms with Crippen LogP contribution in [0.15, 0.2) is 66.0 Å². The van der Waals surface area contributed by atoms with E-state index >= 15 is 0 Å². The van der Waals surface area contributed by atoms with Crippen molar-refractivity contribution < 1.29 is 4.79 Å². The summed E-state index contributed by atoms with van der Waals surface area (Å²) in [4.78, 5) is 16.4. The second-order valence-electron chi connectivity index (χ2n) is 6.66. The van der Waals surface area contributed by atoms with Gasteiger partial charge in [-0.1, -0.05) is 48.5 Å². The number of hydrogen-bond donors (Lipinski definition) is 1. The van der Waals surface area contributed by atoms with Crippen LogP contribution in [0.4, 0.5) is 5.69 Å². The summed E-state index contributed by atoms with van der Waals surface area (Å²) in [5.41, 5.74) is 4.40. The SMILES string of the molecule is C[C@@H]1c2ccsc2CCN1CC(=O)Nc1ccccc1-c1ccccc1. The third-order valence-electron chi connectivity index (χ3n) is 5.04. The number of hydrogen-bond acceptors (Lipinski definition) is 3. The van der Waals surface area contributed by atoms with Gasteiger partial charge in [-0.15, -0.1) is 11.3 Å². The first-order valence-corrected chi connectivity index (χ1v) is 9.85. The highest BCUT2D eigenvalue weighted by molar-refractivity contribution is 7.10. The van der Waals surface area contributed by atoms with Gasteiger partial charge in [0.1, 0.15) is 0 Å². The van der Waals surface area contributed by atoms with Gasteiger partial charge in [-0.3, -0.25) is 9.69 Å². The van der Waals surface area contributed by atoms with E-state index in [2.05, 4.69) is 40.7 Å². The number of amides is 1. The van der Waals surface area contributed by atoms with Crippen molar-refractivity contribution in [2.45, 2.75) is 19.4 Å². The van der Waals surface area contributed by atoms with Gasteiger partial charge in [0.25, 0.3) is 0 Å². The van der Waals surface area contributed by atoms with E-state index in [9.17, 15) is 4.79 Å². The Bertz CT molecular complexity index is 903. The molecular weight excluding hydrogens is 340 g/mol. The topological polar surface area (TPSA) is 32.3 Å². The molecule has 0 aliphatic carbocycles. The standard InChI is InChI=1S/C22H22N2OS/c1-16-18-12-14-26-21(18)11-13-24(16)15-22(25)23-20-10-6-5-9-19(20)17-7-3-2-4-8-17/h2-10,12,14,16H,11,13,15H2,1H3,(H,23,25)/t16-/m1/s1. The summed E-state index contributed by atoms with van der Waals surface area (Å²) in [6.45, 7) is 3.54. The van der Waals surface area contributed by atoms with Crippen molar-refractivity contribution in [3.05, 3.63) is 76.5 Å². The quantitative estimate of drug-likeness (QED) is 0.710. The highest BCUT2D eigenvalue weighted by Gasteiger charge is 2.26. The highest BCUT2D eigenvalue weighted by Crippen LogP contribution is 2.33. The maximum atomic E-state index is 12.7. The molecular formula is C22H22N2OS. The zero-order valence-electron chi connectivity index (χ0n) is 14.8. The lowest BCUT2D eigenvalue weighted by molar-refractivity contribution is -0.117. The second-order valence-corrected chi connectivity index (χ2v) is 7.66. The number of carbonyl (C=O) groups is 1. The number of thiophene rings is 1. The fraction of sp³-hybridized carbons (Fsp3) is 0.227. The van der Waals surface area contributed by atoms with Crippen LogP contribution < -0.4 is 5.32 Å². The molecule has 3 aromatic rings. The fourth-order valence-corrected chi connectivity index (χ4v) is 4.58. The van der Waals surface area contributed by atoms with E-state index in [0.717, 1.165) is 29.8 Å². The van der Waals surface area contributed by atoms with Gasteiger partial charge in [-0.05, 0) is 42.0 Å². The number of benzene rings is 2. The number of fused-ring (bicyclic) bond motifs is 1. The summed E-state index contributed by atoms with van der Waals surface area (Å²) < 4.78 is 0. The zero-order valence-corrected chi connectivity index (χ0v) is 15.6. The predicted molar refractivity (Wildman–Crippen MR) is 109 cm³/mol. The first-order chi connectivity index (χ1) is 12.7. The van der Waals surface area contributed by atoms with Crippen molar-refractivity contribution in [1.82, 2.24) is 4.90 Å². The molecule has 132 valence electrons. The normalized spacial score (nSPS) is 16.9. The molecule has 0 radical (unpaired) electrons. The molecule has 2 aromatic carbocycles. The lowest BCUT2D eigenvalue weighted by atomic mass is 10.0. The average molecular weight is 362 g/mol. The zero-order chi connectivity index (χ0) is 17.9. The Morgan fingerprint density at radius 2 is 1.88 bits per heavy atom. The van der Waals surface area contributed by atoms with Gasteiger partial charge in [0, 0.05) is 28.7 Å². The number of rotatable bonds is 4. The Kier molecular flexibility index (Phi) is 4.87. The number of nitrogens with one attached hydrogen (secondary N) is 1. The van der Waals surface area contributed by atoms with Crippen LogP contribution in [0.25, 0.3) is 11.1 Å². The van der Waals surface area contributed by atoms with Crippen LogP contribution in [-0.2, 0) is 11.2 Å². The maximum Gasteiger partial charge on any atom is 0.238 e. The van der Waals surface area contributed by atoms with Gasteiger partial charge in [0.2, 0.25) is 5.91 Å². The van der Waals surface area contributed by atoms with Crippen molar-refractivity contribution in [2.75, 3.05) is 18.4 Å². The van der Waals surface area contributed by atoms with E-state index in [1.807, 2.05) is 53.8 Å². The van der Waals surface area contributed by atoms with E-state index in [0.29, 0.717) is 12.6 Å². The minimum Gasteiger partial charge on any atom is -0.324 e. The average Bonchev–Trinajstić information content (AvgIpc) is 3.15. The van der Waals surface area contributed by atoms with Gasteiger partial charge in [0.05, 0.1) is 6.54 Å². The van der Waals surface area contributed by atoms with Crippen molar-refractivity contribution in [3.63, 3.8) is 0 Å². The Morgan fingerprint density at radius 1 is 1.12 bits per heavy atom. The molecule has 26 heavy (non-hydrogen) atoms. The smallest absolute Gasteiger partial charge is 0.238 e. The van der Waals surface area contributed by atoms with Crippen LogP contribution in [0.2, 0.25) is 0 Å². The predicted octanol–water partition coefficient (Wildman–Crippen LogP) is 4.97. The molecule has 1 amide bonds. The summed E-state index contributed by atoms with van der Waals surface area (Å²) in [7, 11) is 0. The molecule has 0 spiro atoms. The summed E-state index contributed by atoms with van der Waals surface area (Å²) in [6, 6.07) is 20.6. The molecule has 4 heteroatoms. The molecule has 4 rings (SSSR count). The number of anilines is 1. The van der Waals surface area contributed by atoms with Crippen LogP contribution in [0.1, 0.15) is 23.4 Å².